The molecule has 5 heteroatoms. The molecule has 3 nitrogen and oxygen atoms in total. The van der Waals surface area contributed by atoms with Crippen LogP contribution in [0.2, 0.25) is 5.02 Å². The van der Waals surface area contributed by atoms with Crippen LogP contribution in [0.25, 0.3) is 0 Å². The van der Waals surface area contributed by atoms with Crippen LogP contribution in [0.4, 0.5) is 4.39 Å². The maximum atomic E-state index is 13.0. The molecule has 1 heterocycles. The quantitative estimate of drug-likeness (QED) is 0.711. The minimum absolute atomic E-state index is 0.0273. The Kier molecular flexibility index (Phi) is 7.25. The second-order valence-corrected chi connectivity index (χ2v) is 7.59. The average Bonchev–Trinajstić information content (AvgIpc) is 2.68. The van der Waals surface area contributed by atoms with E-state index in [1.54, 1.807) is 0 Å². The molecule has 0 saturated carbocycles. The predicted molar refractivity (Wildman–Crippen MR) is 107 cm³/mol. The number of benzene rings is 2. The van der Waals surface area contributed by atoms with Gasteiger partial charge in [0.15, 0.2) is 0 Å². The summed E-state index contributed by atoms with van der Waals surface area (Å²) in [5.41, 5.74) is 2.20. The van der Waals surface area contributed by atoms with Gasteiger partial charge in [-0.2, -0.15) is 0 Å². The van der Waals surface area contributed by atoms with E-state index in [0.717, 1.165) is 61.5 Å². The first kappa shape index (κ1) is 19.8. The van der Waals surface area contributed by atoms with Gasteiger partial charge in [0.1, 0.15) is 5.82 Å². The highest BCUT2D eigenvalue weighted by Crippen LogP contribution is 2.19. The molecule has 1 amide bonds. The lowest BCUT2D eigenvalue weighted by Crippen LogP contribution is -2.42. The largest absolute Gasteiger partial charge is 0.356 e. The Bertz CT molecular complexity index is 750. The number of carbonyl (C=O) groups is 1. The Labute approximate surface area is 165 Å². The molecule has 2 aromatic carbocycles. The Morgan fingerprint density at radius 1 is 1.19 bits per heavy atom. The summed E-state index contributed by atoms with van der Waals surface area (Å²) in [5, 5.41) is 3.86. The summed E-state index contributed by atoms with van der Waals surface area (Å²) < 4.78 is 13.0. The smallest absolute Gasteiger partial charge is 0.224 e. The molecule has 1 fully saturated rings. The van der Waals surface area contributed by atoms with E-state index >= 15 is 0 Å². The molecule has 1 saturated heterocycles. The van der Waals surface area contributed by atoms with Gasteiger partial charge in [0.05, 0.1) is 5.92 Å². The Morgan fingerprint density at radius 3 is 2.74 bits per heavy atom. The lowest BCUT2D eigenvalue weighted by molar-refractivity contribution is -0.126. The number of amides is 1. The van der Waals surface area contributed by atoms with Crippen molar-refractivity contribution < 1.29 is 9.18 Å². The SMILES string of the molecule is O=C(NCCCc1ccccc1Cl)C1CCCN(Cc2ccc(F)cc2)C1. The van der Waals surface area contributed by atoms with Gasteiger partial charge in [-0.05, 0) is 61.6 Å². The number of nitrogens with one attached hydrogen (secondary N) is 1. The van der Waals surface area contributed by atoms with Crippen LogP contribution in [-0.2, 0) is 17.8 Å². The number of likely N-dealkylation sites (tertiary alicyclic amines) is 1. The number of carbonyl (C=O) groups excluding carboxylic acids is 1. The van der Waals surface area contributed by atoms with Gasteiger partial charge in [0.25, 0.3) is 0 Å². The van der Waals surface area contributed by atoms with Crippen molar-refractivity contribution in [3.05, 3.63) is 70.5 Å². The van der Waals surface area contributed by atoms with Gasteiger partial charge in [0, 0.05) is 24.7 Å². The van der Waals surface area contributed by atoms with Crippen molar-refractivity contribution >= 4 is 17.5 Å². The topological polar surface area (TPSA) is 32.3 Å². The van der Waals surface area contributed by atoms with Gasteiger partial charge >= 0.3 is 0 Å². The van der Waals surface area contributed by atoms with Crippen LogP contribution in [0.3, 0.4) is 0 Å². The Balaban J connectivity index is 1.41. The highest BCUT2D eigenvalue weighted by molar-refractivity contribution is 6.31. The van der Waals surface area contributed by atoms with E-state index in [1.165, 1.54) is 12.1 Å². The van der Waals surface area contributed by atoms with Crippen molar-refractivity contribution in [2.75, 3.05) is 19.6 Å². The summed E-state index contributed by atoms with van der Waals surface area (Å²) in [4.78, 5) is 14.8. The van der Waals surface area contributed by atoms with Crippen molar-refractivity contribution in [3.8, 4) is 0 Å². The molecule has 1 aliphatic heterocycles. The zero-order valence-electron chi connectivity index (χ0n) is 15.5. The van der Waals surface area contributed by atoms with Gasteiger partial charge in [0.2, 0.25) is 5.91 Å². The lowest BCUT2D eigenvalue weighted by Gasteiger charge is -2.32. The molecular weight excluding hydrogens is 363 g/mol. The van der Waals surface area contributed by atoms with Crippen LogP contribution < -0.4 is 5.32 Å². The van der Waals surface area contributed by atoms with E-state index in [4.69, 9.17) is 11.6 Å². The molecule has 1 atom stereocenters. The van der Waals surface area contributed by atoms with Crippen LogP contribution in [-0.4, -0.2) is 30.4 Å². The number of rotatable bonds is 7. The molecule has 2 aromatic rings. The van der Waals surface area contributed by atoms with E-state index in [9.17, 15) is 9.18 Å². The van der Waals surface area contributed by atoms with Crippen molar-refractivity contribution in [1.82, 2.24) is 10.2 Å². The molecule has 1 N–H and O–H groups in total. The summed E-state index contributed by atoms with van der Waals surface area (Å²) >= 11 is 6.16. The van der Waals surface area contributed by atoms with Crippen LogP contribution in [0.15, 0.2) is 48.5 Å². The first-order chi connectivity index (χ1) is 13.1. The molecule has 1 aliphatic rings. The van der Waals surface area contributed by atoms with Crippen molar-refractivity contribution in [3.63, 3.8) is 0 Å². The number of halogens is 2. The molecule has 27 heavy (non-hydrogen) atoms. The second-order valence-electron chi connectivity index (χ2n) is 7.19. The third-order valence-electron chi connectivity index (χ3n) is 5.08. The zero-order chi connectivity index (χ0) is 19.1. The number of piperidine rings is 1. The third kappa shape index (κ3) is 6.05. The molecule has 144 valence electrons. The molecule has 0 spiro atoms. The first-order valence-electron chi connectivity index (χ1n) is 9.60. The minimum Gasteiger partial charge on any atom is -0.356 e. The molecule has 0 radical (unpaired) electrons. The van der Waals surface area contributed by atoms with E-state index in [-0.39, 0.29) is 17.6 Å². The summed E-state index contributed by atoms with van der Waals surface area (Å²) in [6.07, 6.45) is 3.68. The lowest BCUT2D eigenvalue weighted by atomic mass is 9.96. The normalized spacial score (nSPS) is 17.6. The average molecular weight is 389 g/mol. The number of hydrogen-bond acceptors (Lipinski definition) is 2. The maximum absolute atomic E-state index is 13.0. The monoisotopic (exact) mass is 388 g/mol. The number of aryl methyl sites for hydroxylation is 1. The van der Waals surface area contributed by atoms with Crippen molar-refractivity contribution in [2.45, 2.75) is 32.2 Å². The summed E-state index contributed by atoms with van der Waals surface area (Å²) in [6, 6.07) is 14.4. The van der Waals surface area contributed by atoms with Crippen LogP contribution in [0.5, 0.6) is 0 Å². The van der Waals surface area contributed by atoms with E-state index in [1.807, 2.05) is 36.4 Å². The summed E-state index contributed by atoms with van der Waals surface area (Å²) in [7, 11) is 0. The fourth-order valence-electron chi connectivity index (χ4n) is 3.60. The minimum atomic E-state index is -0.216. The Morgan fingerprint density at radius 2 is 1.96 bits per heavy atom. The highest BCUT2D eigenvalue weighted by Gasteiger charge is 2.25. The second kappa shape index (κ2) is 9.86. The fraction of sp³-hybridized carbons (Fsp3) is 0.409. The van der Waals surface area contributed by atoms with Crippen LogP contribution >= 0.6 is 11.6 Å². The van der Waals surface area contributed by atoms with Gasteiger partial charge in [-0.1, -0.05) is 41.9 Å². The predicted octanol–water partition coefficient (Wildman–Crippen LogP) is 4.44. The van der Waals surface area contributed by atoms with Gasteiger partial charge < -0.3 is 5.32 Å². The maximum Gasteiger partial charge on any atom is 0.224 e. The number of hydrogen-bond donors (Lipinski definition) is 1. The van der Waals surface area contributed by atoms with E-state index < -0.39 is 0 Å². The first-order valence-corrected chi connectivity index (χ1v) is 9.97. The van der Waals surface area contributed by atoms with E-state index in [2.05, 4.69) is 10.2 Å². The molecular formula is C22H26ClFN2O. The van der Waals surface area contributed by atoms with E-state index in [0.29, 0.717) is 6.54 Å². The van der Waals surface area contributed by atoms with Gasteiger partial charge in [-0.3, -0.25) is 9.69 Å². The highest BCUT2D eigenvalue weighted by atomic mass is 35.5. The number of nitrogens with zero attached hydrogens (tertiary/aromatic N) is 1. The fourth-order valence-corrected chi connectivity index (χ4v) is 3.83. The van der Waals surface area contributed by atoms with Gasteiger partial charge in [-0.25, -0.2) is 4.39 Å². The third-order valence-corrected chi connectivity index (χ3v) is 5.44. The zero-order valence-corrected chi connectivity index (χ0v) is 16.2. The standard InChI is InChI=1S/C22H26ClFN2O/c23-21-8-2-1-5-18(21)6-3-13-25-22(27)19-7-4-14-26(16-19)15-17-9-11-20(24)12-10-17/h1-2,5,8-12,19H,3-4,6-7,13-16H2,(H,25,27). The van der Waals surface area contributed by atoms with Crippen molar-refractivity contribution in [2.24, 2.45) is 5.92 Å². The van der Waals surface area contributed by atoms with Crippen molar-refractivity contribution in [1.29, 1.82) is 0 Å². The van der Waals surface area contributed by atoms with Gasteiger partial charge in [-0.15, -0.1) is 0 Å². The summed E-state index contributed by atoms with van der Waals surface area (Å²) in [5.74, 6) is -0.0519. The molecule has 1 unspecified atom stereocenters. The molecule has 0 aliphatic carbocycles. The molecule has 3 rings (SSSR count). The molecule has 0 bridgehead atoms. The summed E-state index contributed by atoms with van der Waals surface area (Å²) in [6.45, 7) is 3.16. The van der Waals surface area contributed by atoms with Crippen LogP contribution in [0, 0.1) is 11.7 Å². The van der Waals surface area contributed by atoms with Crippen LogP contribution in [0.1, 0.15) is 30.4 Å². The Hall–Kier alpha value is -1.91. The molecule has 0 aromatic heterocycles.